The molecular formula is C14H17NO2. The summed E-state index contributed by atoms with van der Waals surface area (Å²) in [6, 6.07) is 0. The van der Waals surface area contributed by atoms with Crippen LogP contribution >= 0.6 is 0 Å². The van der Waals surface area contributed by atoms with Crippen LogP contribution in [0.2, 0.25) is 0 Å². The van der Waals surface area contributed by atoms with Crippen LogP contribution in [0.4, 0.5) is 0 Å². The first-order valence-corrected chi connectivity index (χ1v) is 6.02. The Morgan fingerprint density at radius 2 is 2.00 bits per heavy atom. The molecule has 0 bridgehead atoms. The van der Waals surface area contributed by atoms with Crippen LogP contribution in [-0.4, -0.2) is 11.6 Å². The van der Waals surface area contributed by atoms with Gasteiger partial charge in [0, 0.05) is 17.3 Å². The maximum absolute atomic E-state index is 12.2. The van der Waals surface area contributed by atoms with Crippen molar-refractivity contribution in [3.05, 3.63) is 23.2 Å². The number of rotatable bonds is 0. The van der Waals surface area contributed by atoms with Gasteiger partial charge in [-0.3, -0.25) is 4.79 Å². The number of fused-ring (bicyclic) bond motifs is 1. The van der Waals surface area contributed by atoms with Gasteiger partial charge < -0.3 is 4.79 Å². The number of Topliss-reactive ketones (excluding diaryl/α,β-unsaturated/α-hetero) is 2. The van der Waals surface area contributed by atoms with Gasteiger partial charge >= 0.3 is 0 Å². The number of hydrogen-bond donors (Lipinski definition) is 0. The summed E-state index contributed by atoms with van der Waals surface area (Å²) in [7, 11) is 0. The third-order valence-electron chi connectivity index (χ3n) is 4.47. The van der Waals surface area contributed by atoms with Crippen LogP contribution in [0.25, 0.3) is 4.85 Å². The van der Waals surface area contributed by atoms with Crippen LogP contribution < -0.4 is 0 Å². The Labute approximate surface area is 102 Å². The Kier molecular flexibility index (Phi) is 2.50. The number of ketones is 2. The molecule has 90 valence electrons. The Bertz CT molecular complexity index is 467. The molecular weight excluding hydrogens is 214 g/mol. The molecule has 0 unspecified atom stereocenters. The Balaban J connectivity index is 2.62. The lowest BCUT2D eigenvalue weighted by Crippen LogP contribution is -2.51. The van der Waals surface area contributed by atoms with E-state index in [1.807, 2.05) is 20.8 Å². The first kappa shape index (κ1) is 12.0. The van der Waals surface area contributed by atoms with E-state index in [1.165, 1.54) is 0 Å². The van der Waals surface area contributed by atoms with E-state index in [2.05, 4.69) is 4.85 Å². The van der Waals surface area contributed by atoms with Gasteiger partial charge in [-0.15, -0.1) is 0 Å². The molecule has 2 rings (SSSR count). The van der Waals surface area contributed by atoms with Crippen molar-refractivity contribution < 1.29 is 9.59 Å². The summed E-state index contributed by atoms with van der Waals surface area (Å²) in [4.78, 5) is 27.6. The maximum atomic E-state index is 12.2. The van der Waals surface area contributed by atoms with E-state index in [9.17, 15) is 9.59 Å². The lowest BCUT2D eigenvalue weighted by atomic mass is 9.53. The van der Waals surface area contributed by atoms with Gasteiger partial charge in [0.2, 0.25) is 5.70 Å². The van der Waals surface area contributed by atoms with Gasteiger partial charge in [-0.05, 0) is 25.7 Å². The van der Waals surface area contributed by atoms with E-state index in [0.717, 1.165) is 12.8 Å². The van der Waals surface area contributed by atoms with Crippen LogP contribution in [0, 0.1) is 23.3 Å². The van der Waals surface area contributed by atoms with E-state index in [1.54, 1.807) is 6.08 Å². The summed E-state index contributed by atoms with van der Waals surface area (Å²) < 4.78 is 0. The molecule has 0 aromatic heterocycles. The second kappa shape index (κ2) is 3.53. The van der Waals surface area contributed by atoms with E-state index >= 15 is 0 Å². The van der Waals surface area contributed by atoms with Gasteiger partial charge in [0.15, 0.2) is 5.78 Å². The molecule has 0 radical (unpaired) electrons. The highest BCUT2D eigenvalue weighted by atomic mass is 16.1. The summed E-state index contributed by atoms with van der Waals surface area (Å²) in [6.07, 6.45) is 3.94. The van der Waals surface area contributed by atoms with Gasteiger partial charge in [0.1, 0.15) is 5.78 Å². The van der Waals surface area contributed by atoms with Crippen molar-refractivity contribution in [2.24, 2.45) is 16.7 Å². The van der Waals surface area contributed by atoms with Crippen LogP contribution in [0.15, 0.2) is 11.8 Å². The number of carbonyl (C=O) groups is 2. The SMILES string of the molecule is [C-]#[N+]C1=C[C@]2(C)C(=O)CCC[C@H]2C(C)(C)C1=O. The van der Waals surface area contributed by atoms with Crippen LogP contribution in [0.3, 0.4) is 0 Å². The number of nitrogens with zero attached hydrogens (tertiary/aromatic N) is 1. The van der Waals surface area contributed by atoms with E-state index in [-0.39, 0.29) is 23.2 Å². The molecule has 2 atom stereocenters. The van der Waals surface area contributed by atoms with E-state index < -0.39 is 10.8 Å². The predicted molar refractivity (Wildman–Crippen MR) is 63.9 cm³/mol. The van der Waals surface area contributed by atoms with Crippen molar-refractivity contribution in [2.45, 2.75) is 40.0 Å². The summed E-state index contributed by atoms with van der Waals surface area (Å²) in [6.45, 7) is 12.7. The molecule has 0 saturated heterocycles. The fraction of sp³-hybridized carbons (Fsp3) is 0.643. The standard InChI is InChI=1S/C14H17NO2/c1-13(2)10-6-5-7-11(16)14(10,3)8-9(15-4)12(13)17/h8,10H,5-7H2,1-3H3/t10-,14-/m0/s1. The minimum atomic E-state index is -0.616. The van der Waals surface area contributed by atoms with Crippen molar-refractivity contribution in [1.82, 2.24) is 0 Å². The maximum Gasteiger partial charge on any atom is 0.226 e. The van der Waals surface area contributed by atoms with Crippen LogP contribution in [0.5, 0.6) is 0 Å². The normalized spacial score (nSPS) is 35.9. The Hall–Kier alpha value is -1.43. The molecule has 3 nitrogen and oxygen atoms in total. The molecule has 2 aliphatic carbocycles. The number of hydrogen-bond acceptors (Lipinski definition) is 2. The molecule has 17 heavy (non-hydrogen) atoms. The highest BCUT2D eigenvalue weighted by Crippen LogP contribution is 2.53. The van der Waals surface area contributed by atoms with Gasteiger partial charge in [0.05, 0.1) is 6.57 Å². The summed E-state index contributed by atoms with van der Waals surface area (Å²) in [5.41, 5.74) is -1.07. The van der Waals surface area contributed by atoms with Crippen molar-refractivity contribution in [1.29, 1.82) is 0 Å². The third-order valence-corrected chi connectivity index (χ3v) is 4.47. The quantitative estimate of drug-likeness (QED) is 0.601. The predicted octanol–water partition coefficient (Wildman–Crippen LogP) is 2.77. The average molecular weight is 231 g/mol. The van der Waals surface area contributed by atoms with E-state index in [4.69, 9.17) is 6.57 Å². The molecule has 0 amide bonds. The zero-order valence-corrected chi connectivity index (χ0v) is 10.5. The largest absolute Gasteiger partial charge is 0.307 e. The first-order chi connectivity index (χ1) is 7.84. The summed E-state index contributed by atoms with van der Waals surface area (Å²) in [5.74, 6) is 0.106. The number of allylic oxidation sites excluding steroid dienone is 2. The van der Waals surface area contributed by atoms with Gasteiger partial charge in [-0.1, -0.05) is 19.9 Å². The smallest absolute Gasteiger partial charge is 0.226 e. The molecule has 0 aromatic rings. The van der Waals surface area contributed by atoms with Crippen molar-refractivity contribution in [2.75, 3.05) is 0 Å². The highest BCUT2D eigenvalue weighted by molar-refractivity contribution is 6.05. The second-order valence-corrected chi connectivity index (χ2v) is 5.84. The lowest BCUT2D eigenvalue weighted by molar-refractivity contribution is -0.141. The number of carbonyl (C=O) groups excluding carboxylic acids is 2. The fourth-order valence-electron chi connectivity index (χ4n) is 3.44. The fourth-order valence-corrected chi connectivity index (χ4v) is 3.44. The summed E-state index contributed by atoms with van der Waals surface area (Å²) >= 11 is 0. The zero-order chi connectivity index (χ0) is 12.8. The molecule has 1 fully saturated rings. The molecule has 0 N–H and O–H groups in total. The van der Waals surface area contributed by atoms with Gasteiger partial charge in [-0.2, -0.15) is 0 Å². The Morgan fingerprint density at radius 1 is 1.35 bits per heavy atom. The highest BCUT2D eigenvalue weighted by Gasteiger charge is 2.55. The third kappa shape index (κ3) is 1.47. The van der Waals surface area contributed by atoms with Gasteiger partial charge in [-0.25, -0.2) is 4.85 Å². The molecule has 1 saturated carbocycles. The molecule has 0 aliphatic heterocycles. The van der Waals surface area contributed by atoms with Crippen LogP contribution in [-0.2, 0) is 9.59 Å². The molecule has 0 heterocycles. The lowest BCUT2D eigenvalue weighted by Gasteiger charge is -2.49. The van der Waals surface area contributed by atoms with Crippen LogP contribution in [0.1, 0.15) is 40.0 Å². The molecule has 0 aromatic carbocycles. The Morgan fingerprint density at radius 3 is 2.59 bits per heavy atom. The molecule has 3 heteroatoms. The van der Waals surface area contributed by atoms with Crippen molar-refractivity contribution >= 4 is 11.6 Å². The zero-order valence-electron chi connectivity index (χ0n) is 10.5. The molecule has 2 aliphatic rings. The summed E-state index contributed by atoms with van der Waals surface area (Å²) in [5, 5.41) is 0. The minimum Gasteiger partial charge on any atom is -0.307 e. The average Bonchev–Trinajstić information content (AvgIpc) is 2.27. The molecule has 0 spiro atoms. The minimum absolute atomic E-state index is 0.0363. The topological polar surface area (TPSA) is 38.5 Å². The van der Waals surface area contributed by atoms with Crippen molar-refractivity contribution in [3.63, 3.8) is 0 Å². The first-order valence-electron chi connectivity index (χ1n) is 6.02. The monoisotopic (exact) mass is 231 g/mol. The van der Waals surface area contributed by atoms with E-state index in [0.29, 0.717) is 6.42 Å². The van der Waals surface area contributed by atoms with Gasteiger partial charge in [0.25, 0.3) is 0 Å². The second-order valence-electron chi connectivity index (χ2n) is 5.84. The van der Waals surface area contributed by atoms with Crippen molar-refractivity contribution in [3.8, 4) is 0 Å².